The Hall–Kier alpha value is -4.85. The smallest absolute Gasteiger partial charge is 0.408 e. The number of carbonyl (C=O) groups excluding carboxylic acids is 1. The number of carboxylic acid groups (broad SMARTS) is 1. The van der Waals surface area contributed by atoms with Crippen molar-refractivity contribution in [2.24, 2.45) is 0 Å². The third kappa shape index (κ3) is 8.33. The van der Waals surface area contributed by atoms with Crippen LogP contribution in [0.1, 0.15) is 61.8 Å². The Balaban J connectivity index is 1.66. The molecule has 3 aromatic carbocycles. The number of ether oxygens (including phenoxy) is 2. The van der Waals surface area contributed by atoms with Crippen molar-refractivity contribution in [3.8, 4) is 16.9 Å². The number of alkyl carbamates (subject to hydrolysis) is 1. The second kappa shape index (κ2) is 13.2. The van der Waals surface area contributed by atoms with Crippen molar-refractivity contribution in [2.45, 2.75) is 52.4 Å². The van der Waals surface area contributed by atoms with Crippen LogP contribution in [0.15, 0.2) is 83.5 Å². The van der Waals surface area contributed by atoms with E-state index in [2.05, 4.69) is 5.32 Å². The van der Waals surface area contributed by atoms with Crippen LogP contribution in [0, 0.1) is 5.82 Å². The van der Waals surface area contributed by atoms with Crippen molar-refractivity contribution < 1.29 is 33.0 Å². The number of furan rings is 1. The number of hydrogen-bond donors (Lipinski definition) is 2. The summed E-state index contributed by atoms with van der Waals surface area (Å²) in [6.45, 7) is 7.11. The Morgan fingerprint density at radius 2 is 1.81 bits per heavy atom. The van der Waals surface area contributed by atoms with Gasteiger partial charge in [-0.2, -0.15) is 0 Å². The van der Waals surface area contributed by atoms with E-state index in [1.807, 2.05) is 36.4 Å². The number of benzene rings is 3. The van der Waals surface area contributed by atoms with Gasteiger partial charge in [-0.05, 0) is 86.9 Å². The number of aliphatic carboxylic acids is 1. The fraction of sp³-hybridized carbons (Fsp3) is 0.235. The van der Waals surface area contributed by atoms with Gasteiger partial charge in [-0.1, -0.05) is 42.5 Å². The molecule has 0 radical (unpaired) electrons. The van der Waals surface area contributed by atoms with Crippen LogP contribution in [-0.2, 0) is 22.6 Å². The zero-order valence-corrected chi connectivity index (χ0v) is 24.0. The van der Waals surface area contributed by atoms with E-state index >= 15 is 4.39 Å². The Bertz CT molecular complexity index is 1570. The summed E-state index contributed by atoms with van der Waals surface area (Å²) < 4.78 is 32.8. The van der Waals surface area contributed by atoms with Crippen molar-refractivity contribution in [3.63, 3.8) is 0 Å². The summed E-state index contributed by atoms with van der Waals surface area (Å²) in [5, 5.41) is 12.0. The maximum atomic E-state index is 16.0. The van der Waals surface area contributed by atoms with Crippen molar-refractivity contribution in [1.29, 1.82) is 0 Å². The van der Waals surface area contributed by atoms with Gasteiger partial charge in [-0.25, -0.2) is 9.18 Å². The summed E-state index contributed by atoms with van der Waals surface area (Å²) >= 11 is 0. The molecule has 218 valence electrons. The largest absolute Gasteiger partial charge is 0.489 e. The lowest BCUT2D eigenvalue weighted by molar-refractivity contribution is -0.136. The van der Waals surface area contributed by atoms with Gasteiger partial charge in [-0.15, -0.1) is 0 Å². The van der Waals surface area contributed by atoms with E-state index in [-0.39, 0.29) is 13.0 Å². The molecule has 42 heavy (non-hydrogen) atoms. The molecule has 8 heteroatoms. The zero-order valence-electron chi connectivity index (χ0n) is 24.0. The molecule has 0 fully saturated rings. The molecule has 1 atom stereocenters. The van der Waals surface area contributed by atoms with Crippen LogP contribution in [0.3, 0.4) is 0 Å². The van der Waals surface area contributed by atoms with Gasteiger partial charge in [-0.3, -0.25) is 4.79 Å². The number of nitrogens with one attached hydrogen (secondary N) is 1. The van der Waals surface area contributed by atoms with Crippen molar-refractivity contribution >= 4 is 24.2 Å². The predicted octanol–water partition coefficient (Wildman–Crippen LogP) is 8.05. The highest BCUT2D eigenvalue weighted by molar-refractivity contribution is 5.75. The molecule has 4 rings (SSSR count). The molecule has 4 aromatic rings. The van der Waals surface area contributed by atoms with Crippen LogP contribution in [-0.4, -0.2) is 22.8 Å². The monoisotopic (exact) mass is 571 g/mol. The lowest BCUT2D eigenvalue weighted by Crippen LogP contribution is -2.34. The summed E-state index contributed by atoms with van der Waals surface area (Å²) in [5.41, 5.74) is 2.69. The highest BCUT2D eigenvalue weighted by Crippen LogP contribution is 2.31. The van der Waals surface area contributed by atoms with Gasteiger partial charge in [0.05, 0.1) is 18.7 Å². The number of carboxylic acids is 1. The van der Waals surface area contributed by atoms with Gasteiger partial charge < -0.3 is 24.3 Å². The van der Waals surface area contributed by atoms with Crippen LogP contribution < -0.4 is 10.1 Å². The molecule has 0 bridgehead atoms. The Morgan fingerprint density at radius 1 is 1.02 bits per heavy atom. The normalized spacial score (nSPS) is 12.2. The SMILES string of the molecule is CC(NC(=O)OC(C)(C)C)c1cccc(-c2cc(C=Cc3ccco3)cc(COc3ccccc3CC(=O)O)c2)c1F. The maximum absolute atomic E-state index is 16.0. The molecule has 0 aliphatic carbocycles. The molecule has 1 heterocycles. The lowest BCUT2D eigenvalue weighted by Gasteiger charge is -2.22. The van der Waals surface area contributed by atoms with Gasteiger partial charge in [0.2, 0.25) is 0 Å². The van der Waals surface area contributed by atoms with Crippen LogP contribution in [0.5, 0.6) is 5.75 Å². The van der Waals surface area contributed by atoms with Crippen LogP contribution in [0.25, 0.3) is 23.3 Å². The molecule has 0 saturated carbocycles. The van der Waals surface area contributed by atoms with Crippen molar-refractivity contribution in [2.75, 3.05) is 0 Å². The van der Waals surface area contributed by atoms with Crippen molar-refractivity contribution in [3.05, 3.63) is 113 Å². The number of rotatable bonds is 10. The number of hydrogen-bond acceptors (Lipinski definition) is 5. The summed E-state index contributed by atoms with van der Waals surface area (Å²) in [6.07, 6.45) is 4.45. The van der Waals surface area contributed by atoms with Crippen LogP contribution in [0.2, 0.25) is 0 Å². The molecular formula is C34H34FNO6. The van der Waals surface area contributed by atoms with E-state index in [9.17, 15) is 14.7 Å². The number of halogens is 1. The van der Waals surface area contributed by atoms with Gasteiger partial charge in [0.15, 0.2) is 0 Å². The molecule has 1 unspecified atom stereocenters. The Kier molecular flexibility index (Phi) is 9.47. The third-order valence-electron chi connectivity index (χ3n) is 6.25. The van der Waals surface area contributed by atoms with Crippen LogP contribution >= 0.6 is 0 Å². The predicted molar refractivity (Wildman–Crippen MR) is 159 cm³/mol. The average Bonchev–Trinajstić information content (AvgIpc) is 3.44. The molecule has 2 N–H and O–H groups in total. The Morgan fingerprint density at radius 3 is 2.52 bits per heavy atom. The van der Waals surface area contributed by atoms with E-state index in [0.717, 1.165) is 11.1 Å². The molecule has 1 amide bonds. The number of amides is 1. The fourth-order valence-corrected chi connectivity index (χ4v) is 4.40. The van der Waals surface area contributed by atoms with Gasteiger partial charge in [0.25, 0.3) is 0 Å². The summed E-state index contributed by atoms with van der Waals surface area (Å²) in [4.78, 5) is 23.6. The van der Waals surface area contributed by atoms with Gasteiger partial charge >= 0.3 is 12.1 Å². The van der Waals surface area contributed by atoms with Crippen molar-refractivity contribution in [1.82, 2.24) is 5.32 Å². The lowest BCUT2D eigenvalue weighted by atomic mass is 9.96. The van der Waals surface area contributed by atoms with E-state index in [4.69, 9.17) is 13.9 Å². The molecule has 0 aliphatic rings. The minimum absolute atomic E-state index is 0.129. The summed E-state index contributed by atoms with van der Waals surface area (Å²) in [7, 11) is 0. The first-order chi connectivity index (χ1) is 20.0. The second-order valence-corrected chi connectivity index (χ2v) is 10.9. The average molecular weight is 572 g/mol. The first kappa shape index (κ1) is 30.1. The number of carbonyl (C=O) groups is 2. The van der Waals surface area contributed by atoms with E-state index in [1.165, 1.54) is 0 Å². The van der Waals surface area contributed by atoms with Gasteiger partial charge in [0.1, 0.15) is 29.5 Å². The molecule has 0 saturated heterocycles. The van der Waals surface area contributed by atoms with E-state index < -0.39 is 29.5 Å². The first-order valence-corrected chi connectivity index (χ1v) is 13.5. The minimum atomic E-state index is -0.954. The summed E-state index contributed by atoms with van der Waals surface area (Å²) in [6, 6.07) is 20.6. The minimum Gasteiger partial charge on any atom is -0.489 e. The highest BCUT2D eigenvalue weighted by atomic mass is 19.1. The highest BCUT2D eigenvalue weighted by Gasteiger charge is 2.21. The molecule has 1 aromatic heterocycles. The molecular weight excluding hydrogens is 537 g/mol. The Labute approximate surface area is 244 Å². The standard InChI is InChI=1S/C34H34FNO6/c1-22(36-33(39)42-34(2,3)4)28-11-7-12-29(32(28)35)26-18-23(14-15-27-10-8-16-40-27)17-24(19-26)21-41-30-13-6-5-9-25(30)20-31(37)38/h5-19,22H,20-21H2,1-4H3,(H,36,39)(H,37,38). The second-order valence-electron chi connectivity index (χ2n) is 10.9. The molecule has 0 spiro atoms. The summed E-state index contributed by atoms with van der Waals surface area (Å²) in [5.74, 6) is -0.291. The van der Waals surface area contributed by atoms with Gasteiger partial charge in [0, 0.05) is 16.7 Å². The van der Waals surface area contributed by atoms with E-state index in [1.54, 1.807) is 82.5 Å². The number of para-hydroxylation sites is 1. The molecule has 0 aliphatic heterocycles. The quantitative estimate of drug-likeness (QED) is 0.200. The third-order valence-corrected chi connectivity index (χ3v) is 6.25. The topological polar surface area (TPSA) is 98.0 Å². The van der Waals surface area contributed by atoms with Crippen LogP contribution in [0.4, 0.5) is 9.18 Å². The first-order valence-electron chi connectivity index (χ1n) is 13.5. The maximum Gasteiger partial charge on any atom is 0.408 e. The van der Waals surface area contributed by atoms with E-state index in [0.29, 0.717) is 33.8 Å². The fourth-order valence-electron chi connectivity index (χ4n) is 4.40. The molecule has 7 nitrogen and oxygen atoms in total. The zero-order chi connectivity index (χ0) is 30.3.